The van der Waals surface area contributed by atoms with Gasteiger partial charge >= 0.3 is 0 Å². The third kappa shape index (κ3) is 5.51. The zero-order chi connectivity index (χ0) is 15.0. The molecule has 0 aliphatic rings. The van der Waals surface area contributed by atoms with Crippen molar-refractivity contribution in [3.05, 3.63) is 24.3 Å². The lowest BCUT2D eigenvalue weighted by Gasteiger charge is -2.13. The molecule has 114 valence electrons. The second-order valence-electron chi connectivity index (χ2n) is 5.36. The highest BCUT2D eigenvalue weighted by Crippen LogP contribution is 2.20. The lowest BCUT2D eigenvalue weighted by atomic mass is 10.1. The van der Waals surface area contributed by atoms with Crippen molar-refractivity contribution in [3.8, 4) is 0 Å². The van der Waals surface area contributed by atoms with Crippen LogP contribution in [0.2, 0.25) is 0 Å². The first-order valence-corrected chi connectivity index (χ1v) is 8.78. The van der Waals surface area contributed by atoms with Gasteiger partial charge < -0.3 is 5.32 Å². The molecule has 1 aromatic rings. The fourth-order valence-corrected chi connectivity index (χ4v) is 3.21. The first kappa shape index (κ1) is 17.0. The molecule has 0 aliphatic carbocycles. The highest BCUT2D eigenvalue weighted by molar-refractivity contribution is 7.89. The molecule has 0 saturated carbocycles. The van der Waals surface area contributed by atoms with E-state index in [-0.39, 0.29) is 0 Å². The van der Waals surface area contributed by atoms with Gasteiger partial charge in [0.05, 0.1) is 5.69 Å². The Kier molecular flexibility index (Phi) is 7.02. The minimum atomic E-state index is -3.42. The van der Waals surface area contributed by atoms with Gasteiger partial charge in [-0.2, -0.15) is 0 Å². The van der Waals surface area contributed by atoms with Crippen LogP contribution in [0, 0.1) is 5.92 Å². The summed E-state index contributed by atoms with van der Waals surface area (Å²) in [7, 11) is -3.42. The predicted molar refractivity (Wildman–Crippen MR) is 84.5 cm³/mol. The van der Waals surface area contributed by atoms with Crippen LogP contribution in [-0.2, 0) is 10.0 Å². The summed E-state index contributed by atoms with van der Waals surface area (Å²) < 4.78 is 27.0. The van der Waals surface area contributed by atoms with Crippen molar-refractivity contribution in [1.82, 2.24) is 4.72 Å². The minimum absolute atomic E-state index is 0.331. The van der Waals surface area contributed by atoms with E-state index in [1.165, 1.54) is 0 Å². The summed E-state index contributed by atoms with van der Waals surface area (Å²) in [6.07, 6.45) is 2.95. The van der Waals surface area contributed by atoms with Crippen molar-refractivity contribution < 1.29 is 8.42 Å². The molecule has 0 aromatic heterocycles. The molecule has 0 saturated heterocycles. The quantitative estimate of drug-likeness (QED) is 0.688. The number of nitrogens with one attached hydrogen (secondary N) is 2. The number of anilines is 1. The number of hydrogen-bond acceptors (Lipinski definition) is 3. The average Bonchev–Trinajstić information content (AvgIpc) is 2.41. The molecule has 0 heterocycles. The SMILES string of the molecule is CCCNS(=O)(=O)c1ccccc1NCCCC(C)C. The maximum Gasteiger partial charge on any atom is 0.242 e. The first-order valence-electron chi connectivity index (χ1n) is 7.30. The van der Waals surface area contributed by atoms with Crippen LogP contribution in [0.25, 0.3) is 0 Å². The van der Waals surface area contributed by atoms with Gasteiger partial charge in [-0.3, -0.25) is 0 Å². The number of para-hydroxylation sites is 1. The molecule has 0 spiro atoms. The molecular weight excluding hydrogens is 272 g/mol. The van der Waals surface area contributed by atoms with Gasteiger partial charge in [-0.15, -0.1) is 0 Å². The molecule has 20 heavy (non-hydrogen) atoms. The summed E-state index contributed by atoms with van der Waals surface area (Å²) >= 11 is 0. The van der Waals surface area contributed by atoms with E-state index in [4.69, 9.17) is 0 Å². The zero-order valence-electron chi connectivity index (χ0n) is 12.6. The van der Waals surface area contributed by atoms with Crippen molar-refractivity contribution in [2.75, 3.05) is 18.4 Å². The Morgan fingerprint density at radius 3 is 2.50 bits per heavy atom. The van der Waals surface area contributed by atoms with Crippen LogP contribution in [0.15, 0.2) is 29.2 Å². The molecule has 0 aliphatic heterocycles. The lowest BCUT2D eigenvalue weighted by molar-refractivity contribution is 0.566. The van der Waals surface area contributed by atoms with Crippen LogP contribution >= 0.6 is 0 Å². The van der Waals surface area contributed by atoms with E-state index >= 15 is 0 Å². The Balaban J connectivity index is 2.73. The summed E-state index contributed by atoms with van der Waals surface area (Å²) in [6, 6.07) is 7.06. The summed E-state index contributed by atoms with van der Waals surface area (Å²) in [4.78, 5) is 0.331. The summed E-state index contributed by atoms with van der Waals surface area (Å²) in [5, 5.41) is 3.23. The molecule has 4 nitrogen and oxygen atoms in total. The average molecular weight is 298 g/mol. The first-order chi connectivity index (χ1) is 9.47. The topological polar surface area (TPSA) is 58.2 Å². The van der Waals surface area contributed by atoms with E-state index in [0.717, 1.165) is 25.8 Å². The molecule has 1 rings (SSSR count). The van der Waals surface area contributed by atoms with Gasteiger partial charge in [0.25, 0.3) is 0 Å². The molecule has 0 fully saturated rings. The predicted octanol–water partition coefficient (Wildman–Crippen LogP) is 3.22. The van der Waals surface area contributed by atoms with Gasteiger partial charge in [0.2, 0.25) is 10.0 Å². The van der Waals surface area contributed by atoms with E-state index in [9.17, 15) is 8.42 Å². The molecule has 5 heteroatoms. The Morgan fingerprint density at radius 1 is 1.15 bits per heavy atom. The summed E-state index contributed by atoms with van der Waals surface area (Å²) in [5.74, 6) is 0.669. The minimum Gasteiger partial charge on any atom is -0.384 e. The third-order valence-corrected chi connectivity index (χ3v) is 4.51. The number of benzene rings is 1. The van der Waals surface area contributed by atoms with Gasteiger partial charge in [0, 0.05) is 13.1 Å². The normalized spacial score (nSPS) is 11.8. The monoisotopic (exact) mass is 298 g/mol. The maximum absolute atomic E-state index is 12.2. The molecule has 1 aromatic carbocycles. The standard InChI is InChI=1S/C15H26N2O2S/c1-4-11-17-20(18,19)15-10-6-5-9-14(15)16-12-7-8-13(2)3/h5-6,9-10,13,16-17H,4,7-8,11-12H2,1-3H3. The highest BCUT2D eigenvalue weighted by Gasteiger charge is 2.16. The number of rotatable bonds is 9. The molecule has 0 radical (unpaired) electrons. The van der Waals surface area contributed by atoms with Crippen LogP contribution in [0.1, 0.15) is 40.0 Å². The van der Waals surface area contributed by atoms with Crippen LogP contribution in [0.4, 0.5) is 5.69 Å². The molecule has 2 N–H and O–H groups in total. The van der Waals surface area contributed by atoms with E-state index in [2.05, 4.69) is 23.9 Å². The lowest BCUT2D eigenvalue weighted by Crippen LogP contribution is -2.25. The van der Waals surface area contributed by atoms with Crippen molar-refractivity contribution >= 4 is 15.7 Å². The van der Waals surface area contributed by atoms with Crippen molar-refractivity contribution in [2.24, 2.45) is 5.92 Å². The van der Waals surface area contributed by atoms with Crippen molar-refractivity contribution in [2.45, 2.75) is 44.9 Å². The van der Waals surface area contributed by atoms with Crippen LogP contribution in [-0.4, -0.2) is 21.5 Å². The molecule has 0 amide bonds. The van der Waals surface area contributed by atoms with Gasteiger partial charge in [0.1, 0.15) is 4.90 Å². The summed E-state index contributed by atoms with van der Waals surface area (Å²) in [6.45, 7) is 7.57. The van der Waals surface area contributed by atoms with Crippen LogP contribution in [0.3, 0.4) is 0 Å². The van der Waals surface area contributed by atoms with Crippen molar-refractivity contribution in [3.63, 3.8) is 0 Å². The fraction of sp³-hybridized carbons (Fsp3) is 0.600. The Morgan fingerprint density at radius 2 is 1.85 bits per heavy atom. The fourth-order valence-electron chi connectivity index (χ4n) is 1.89. The smallest absolute Gasteiger partial charge is 0.242 e. The van der Waals surface area contributed by atoms with Gasteiger partial charge in [-0.05, 0) is 37.3 Å². The Bertz CT molecular complexity index is 498. The number of hydrogen-bond donors (Lipinski definition) is 2. The molecule has 0 atom stereocenters. The van der Waals surface area contributed by atoms with Gasteiger partial charge in [0.15, 0.2) is 0 Å². The van der Waals surface area contributed by atoms with E-state index in [1.807, 2.05) is 19.1 Å². The number of sulfonamides is 1. The van der Waals surface area contributed by atoms with Crippen LogP contribution < -0.4 is 10.0 Å². The largest absolute Gasteiger partial charge is 0.384 e. The van der Waals surface area contributed by atoms with E-state index < -0.39 is 10.0 Å². The van der Waals surface area contributed by atoms with Crippen LogP contribution in [0.5, 0.6) is 0 Å². The van der Waals surface area contributed by atoms with E-state index in [0.29, 0.717) is 23.0 Å². The molecule has 0 unspecified atom stereocenters. The Hall–Kier alpha value is -1.07. The zero-order valence-corrected chi connectivity index (χ0v) is 13.5. The van der Waals surface area contributed by atoms with Crippen molar-refractivity contribution in [1.29, 1.82) is 0 Å². The Labute approximate surface area is 123 Å². The second kappa shape index (κ2) is 8.27. The maximum atomic E-state index is 12.2. The molecular formula is C15H26N2O2S. The van der Waals surface area contributed by atoms with Gasteiger partial charge in [-0.1, -0.05) is 32.9 Å². The second-order valence-corrected chi connectivity index (χ2v) is 7.09. The third-order valence-electron chi connectivity index (χ3n) is 2.99. The molecule has 0 bridgehead atoms. The van der Waals surface area contributed by atoms with E-state index in [1.54, 1.807) is 12.1 Å². The van der Waals surface area contributed by atoms with Gasteiger partial charge in [-0.25, -0.2) is 13.1 Å². The highest BCUT2D eigenvalue weighted by atomic mass is 32.2. The summed E-state index contributed by atoms with van der Waals surface area (Å²) in [5.41, 5.74) is 0.680.